The van der Waals surface area contributed by atoms with Crippen molar-refractivity contribution in [1.29, 1.82) is 0 Å². The SMILES string of the molecule is Cc1ccc(-c2nc(C3=CC=C[C@H]4CC34)nc(-c3ccc(-c4ccc5cccc(-c6ccc(-c7nc(-c8ccc(C)cc8)nc(C89C=CC=C[C@@H]8C9)n7)cc6)c5c4)cc3)n2)cc1. The lowest BCUT2D eigenvalue weighted by molar-refractivity contribution is 0.730. The molecule has 2 heterocycles. The van der Waals surface area contributed by atoms with Gasteiger partial charge in [-0.15, -0.1) is 0 Å². The van der Waals surface area contributed by atoms with Crippen LogP contribution in [0.4, 0.5) is 0 Å². The maximum Gasteiger partial charge on any atom is 0.164 e. The highest BCUT2D eigenvalue weighted by Crippen LogP contribution is 2.57. The van der Waals surface area contributed by atoms with E-state index >= 15 is 0 Å². The van der Waals surface area contributed by atoms with Gasteiger partial charge in [0.25, 0.3) is 0 Å². The molecule has 0 N–H and O–H groups in total. The molecule has 2 saturated carbocycles. The molecule has 2 fully saturated rings. The van der Waals surface area contributed by atoms with E-state index in [1.165, 1.54) is 33.0 Å². The molecule has 0 radical (unpaired) electrons. The molecule has 4 atom stereocenters. The number of hydrogen-bond donors (Lipinski definition) is 0. The third-order valence-corrected chi connectivity index (χ3v) is 13.2. The van der Waals surface area contributed by atoms with Gasteiger partial charge >= 0.3 is 0 Å². The van der Waals surface area contributed by atoms with Gasteiger partial charge in [-0.3, -0.25) is 0 Å². The minimum atomic E-state index is -0.154. The van der Waals surface area contributed by atoms with Crippen LogP contribution in [0.2, 0.25) is 0 Å². The Morgan fingerprint density at radius 3 is 1.66 bits per heavy atom. The third-order valence-electron chi connectivity index (χ3n) is 13.2. The highest BCUT2D eigenvalue weighted by atomic mass is 15.1. The number of benzene rings is 6. The Morgan fingerprint density at radius 2 is 1.03 bits per heavy atom. The fourth-order valence-electron chi connectivity index (χ4n) is 9.27. The summed E-state index contributed by atoms with van der Waals surface area (Å²) >= 11 is 0. The Morgan fingerprint density at radius 1 is 0.484 bits per heavy atom. The van der Waals surface area contributed by atoms with E-state index in [4.69, 9.17) is 29.9 Å². The lowest BCUT2D eigenvalue weighted by atomic mass is 9.94. The fourth-order valence-corrected chi connectivity index (χ4v) is 9.27. The summed E-state index contributed by atoms with van der Waals surface area (Å²) in [5.41, 5.74) is 12.0. The molecule has 4 aliphatic carbocycles. The maximum atomic E-state index is 5.13. The molecule has 0 aliphatic heterocycles. The molecule has 0 saturated heterocycles. The molecule has 6 nitrogen and oxygen atoms in total. The highest BCUT2D eigenvalue weighted by molar-refractivity contribution is 5.99. The van der Waals surface area contributed by atoms with Crippen molar-refractivity contribution in [2.24, 2.45) is 17.8 Å². The summed E-state index contributed by atoms with van der Waals surface area (Å²) in [6.07, 6.45) is 17.6. The standard InChI is InChI=1S/C56H42N6/c1-34-12-16-39(17-13-34)50-57-51(60-54(59-50)47-11-6-8-44-32-49(44)47)41-25-20-36(21-26-41)43-29-24-37-7-5-10-46(48(37)31-43)38-22-27-42(28-23-38)53-58-52(40-18-14-35(2)15-19-40)61-55(62-53)56-30-4-3-9-45(56)33-56/h3-31,44-45,49H,32-33H2,1-2H3/t44-,45+,49?,56?/m0/s1. The number of aromatic nitrogens is 6. The van der Waals surface area contributed by atoms with E-state index in [0.717, 1.165) is 63.4 Å². The second kappa shape index (κ2) is 14.3. The zero-order chi connectivity index (χ0) is 41.4. The van der Waals surface area contributed by atoms with Crippen LogP contribution in [0.1, 0.15) is 35.6 Å². The van der Waals surface area contributed by atoms with E-state index < -0.39 is 0 Å². The Bertz CT molecular complexity index is 3200. The van der Waals surface area contributed by atoms with Gasteiger partial charge in [-0.2, -0.15) is 0 Å². The molecule has 4 aliphatic rings. The van der Waals surface area contributed by atoms with Crippen LogP contribution in [0.5, 0.6) is 0 Å². The Labute approximate surface area is 361 Å². The molecular formula is C56H42N6. The summed E-state index contributed by atoms with van der Waals surface area (Å²) in [6.45, 7) is 4.20. The van der Waals surface area contributed by atoms with Crippen LogP contribution in [0.3, 0.4) is 0 Å². The molecule has 2 unspecified atom stereocenters. The summed E-state index contributed by atoms with van der Waals surface area (Å²) < 4.78 is 0. The Hall–Kier alpha value is -7.44. The lowest BCUT2D eigenvalue weighted by Gasteiger charge is -2.15. The monoisotopic (exact) mass is 798 g/mol. The quantitative estimate of drug-likeness (QED) is 0.152. The van der Waals surface area contributed by atoms with Gasteiger partial charge in [0, 0.05) is 27.8 Å². The first-order valence-electron chi connectivity index (χ1n) is 21.6. The smallest absolute Gasteiger partial charge is 0.164 e. The van der Waals surface area contributed by atoms with Crippen molar-refractivity contribution in [1.82, 2.24) is 29.9 Å². The van der Waals surface area contributed by atoms with Gasteiger partial charge in [0.15, 0.2) is 29.1 Å². The van der Waals surface area contributed by atoms with Crippen LogP contribution < -0.4 is 0 Å². The normalized spacial score (nSPS) is 20.4. The summed E-state index contributed by atoms with van der Waals surface area (Å²) in [5.74, 6) is 5.94. The average molecular weight is 799 g/mol. The van der Waals surface area contributed by atoms with Crippen molar-refractivity contribution in [2.75, 3.05) is 0 Å². The van der Waals surface area contributed by atoms with Gasteiger partial charge in [-0.25, -0.2) is 29.9 Å². The molecular weight excluding hydrogens is 757 g/mol. The van der Waals surface area contributed by atoms with Crippen LogP contribution >= 0.6 is 0 Å². The van der Waals surface area contributed by atoms with E-state index in [-0.39, 0.29) is 5.41 Å². The number of allylic oxidation sites excluding steroid dienone is 8. The van der Waals surface area contributed by atoms with Crippen molar-refractivity contribution >= 4 is 16.3 Å². The minimum absolute atomic E-state index is 0.154. The zero-order valence-corrected chi connectivity index (χ0v) is 34.6. The summed E-state index contributed by atoms with van der Waals surface area (Å²) in [6, 6.07) is 47.4. The van der Waals surface area contributed by atoms with Crippen LogP contribution in [-0.2, 0) is 5.41 Å². The molecule has 6 heteroatoms. The van der Waals surface area contributed by atoms with Gasteiger partial charge in [0.05, 0.1) is 5.41 Å². The molecule has 2 aromatic heterocycles. The maximum absolute atomic E-state index is 5.13. The number of aryl methyl sites for hydroxylation is 2. The summed E-state index contributed by atoms with van der Waals surface area (Å²) in [5, 5.41) is 2.38. The van der Waals surface area contributed by atoms with E-state index in [2.05, 4.69) is 190 Å². The summed E-state index contributed by atoms with van der Waals surface area (Å²) in [7, 11) is 0. The molecule has 0 spiro atoms. The fraction of sp³-hybridized carbons (Fsp3) is 0.143. The van der Waals surface area contributed by atoms with Crippen LogP contribution in [0, 0.1) is 31.6 Å². The van der Waals surface area contributed by atoms with Gasteiger partial charge < -0.3 is 0 Å². The lowest BCUT2D eigenvalue weighted by Crippen LogP contribution is -2.15. The summed E-state index contributed by atoms with van der Waals surface area (Å²) in [4.78, 5) is 30.4. The molecule has 8 aromatic rings. The van der Waals surface area contributed by atoms with Crippen molar-refractivity contribution in [2.45, 2.75) is 32.1 Å². The van der Waals surface area contributed by atoms with Crippen molar-refractivity contribution in [3.05, 3.63) is 199 Å². The van der Waals surface area contributed by atoms with Gasteiger partial charge in [-0.05, 0) is 83.5 Å². The molecule has 0 bridgehead atoms. The van der Waals surface area contributed by atoms with Crippen molar-refractivity contribution in [3.63, 3.8) is 0 Å². The molecule has 62 heavy (non-hydrogen) atoms. The van der Waals surface area contributed by atoms with Crippen LogP contribution in [0.15, 0.2) is 176 Å². The predicted molar refractivity (Wildman–Crippen MR) is 250 cm³/mol. The van der Waals surface area contributed by atoms with E-state index in [0.29, 0.717) is 41.1 Å². The molecule has 12 rings (SSSR count). The topological polar surface area (TPSA) is 77.3 Å². The zero-order valence-electron chi connectivity index (χ0n) is 34.6. The van der Waals surface area contributed by atoms with Crippen molar-refractivity contribution < 1.29 is 0 Å². The van der Waals surface area contributed by atoms with Crippen LogP contribution in [0.25, 0.3) is 84.2 Å². The highest BCUT2D eigenvalue weighted by Gasteiger charge is 2.55. The average Bonchev–Trinajstić information content (AvgIpc) is 4.27. The largest absolute Gasteiger partial charge is 0.212 e. The Balaban J connectivity index is 0.865. The Kier molecular flexibility index (Phi) is 8.43. The predicted octanol–water partition coefficient (Wildman–Crippen LogP) is 12.8. The molecule has 296 valence electrons. The van der Waals surface area contributed by atoms with Crippen LogP contribution in [-0.4, -0.2) is 29.9 Å². The number of hydrogen-bond acceptors (Lipinski definition) is 6. The first-order chi connectivity index (χ1) is 30.4. The van der Waals surface area contributed by atoms with Gasteiger partial charge in [-0.1, -0.05) is 181 Å². The number of fused-ring (bicyclic) bond motifs is 3. The first-order valence-corrected chi connectivity index (χ1v) is 21.6. The number of nitrogens with zero attached hydrogens (tertiary/aromatic N) is 6. The van der Waals surface area contributed by atoms with E-state index in [9.17, 15) is 0 Å². The first kappa shape index (κ1) is 36.4. The van der Waals surface area contributed by atoms with Gasteiger partial charge in [0.2, 0.25) is 0 Å². The number of rotatable bonds is 8. The minimum Gasteiger partial charge on any atom is -0.212 e. The third kappa shape index (κ3) is 6.51. The second-order valence-corrected chi connectivity index (χ2v) is 17.3. The second-order valence-electron chi connectivity index (χ2n) is 17.3. The van der Waals surface area contributed by atoms with E-state index in [1.807, 2.05) is 0 Å². The van der Waals surface area contributed by atoms with E-state index in [1.54, 1.807) is 0 Å². The molecule has 0 amide bonds. The van der Waals surface area contributed by atoms with Crippen molar-refractivity contribution in [3.8, 4) is 67.8 Å². The molecule has 6 aromatic carbocycles. The van der Waals surface area contributed by atoms with Gasteiger partial charge in [0.1, 0.15) is 5.82 Å².